The van der Waals surface area contributed by atoms with Gasteiger partial charge in [0.2, 0.25) is 0 Å². The molecule has 3 nitrogen and oxygen atoms in total. The first-order valence-corrected chi connectivity index (χ1v) is 7.06. The molecular weight excluding hydrogens is 214 g/mol. The fourth-order valence-corrected chi connectivity index (χ4v) is 3.33. The molecule has 0 radical (unpaired) electrons. The Morgan fingerprint density at radius 3 is 2.29 bits per heavy atom. The summed E-state index contributed by atoms with van der Waals surface area (Å²) in [6, 6.07) is 0.935. The van der Waals surface area contributed by atoms with Crippen molar-refractivity contribution in [2.75, 3.05) is 14.2 Å². The summed E-state index contributed by atoms with van der Waals surface area (Å²) in [5.74, 6) is 2.03. The number of hydrogen-bond acceptors (Lipinski definition) is 3. The first-order valence-electron chi connectivity index (χ1n) is 7.06. The average Bonchev–Trinajstić information content (AvgIpc) is 3.15. The van der Waals surface area contributed by atoms with Crippen LogP contribution in [0.3, 0.4) is 0 Å². The van der Waals surface area contributed by atoms with Crippen molar-refractivity contribution in [1.82, 2.24) is 5.32 Å². The first kappa shape index (κ1) is 13.3. The van der Waals surface area contributed by atoms with Crippen LogP contribution in [0.4, 0.5) is 0 Å². The third kappa shape index (κ3) is 3.67. The molecule has 17 heavy (non-hydrogen) atoms. The van der Waals surface area contributed by atoms with Crippen molar-refractivity contribution in [3.05, 3.63) is 0 Å². The van der Waals surface area contributed by atoms with Gasteiger partial charge in [-0.2, -0.15) is 0 Å². The minimum Gasteiger partial charge on any atom is -0.354 e. The van der Waals surface area contributed by atoms with Gasteiger partial charge in [0.25, 0.3) is 0 Å². The molecule has 0 aromatic rings. The van der Waals surface area contributed by atoms with Gasteiger partial charge in [-0.05, 0) is 44.4 Å². The molecule has 0 heterocycles. The molecule has 0 amide bonds. The Kier molecular flexibility index (Phi) is 4.83. The zero-order valence-corrected chi connectivity index (χ0v) is 11.4. The third-order valence-corrected chi connectivity index (χ3v) is 4.37. The van der Waals surface area contributed by atoms with Gasteiger partial charge in [0.15, 0.2) is 6.29 Å². The van der Waals surface area contributed by atoms with E-state index in [0.717, 1.165) is 11.8 Å². The van der Waals surface area contributed by atoms with Crippen LogP contribution >= 0.6 is 0 Å². The Bertz CT molecular complexity index is 226. The van der Waals surface area contributed by atoms with Gasteiger partial charge in [-0.3, -0.25) is 0 Å². The monoisotopic (exact) mass is 241 g/mol. The molecule has 2 aliphatic rings. The highest BCUT2D eigenvalue weighted by molar-refractivity contribution is 4.88. The lowest BCUT2D eigenvalue weighted by Gasteiger charge is -2.33. The molecular formula is C14H27NO2. The van der Waals surface area contributed by atoms with Gasteiger partial charge in [0, 0.05) is 20.3 Å². The predicted octanol–water partition coefficient (Wildman–Crippen LogP) is 2.55. The van der Waals surface area contributed by atoms with Crippen molar-refractivity contribution in [3.63, 3.8) is 0 Å². The fourth-order valence-electron chi connectivity index (χ4n) is 3.33. The summed E-state index contributed by atoms with van der Waals surface area (Å²) >= 11 is 0. The Morgan fingerprint density at radius 1 is 1.00 bits per heavy atom. The molecule has 3 unspecified atom stereocenters. The molecule has 2 saturated carbocycles. The number of rotatable bonds is 6. The molecule has 0 saturated heterocycles. The molecule has 0 aromatic heterocycles. The smallest absolute Gasteiger partial charge is 0.171 e. The molecule has 0 bridgehead atoms. The van der Waals surface area contributed by atoms with Crippen molar-refractivity contribution in [3.8, 4) is 0 Å². The standard InChI is InChI=1S/C14H27NO2/c1-10(14(16-2)17-3)15-13-6-4-5-12(9-13)11-7-8-11/h10-15H,4-9H2,1-3H3. The predicted molar refractivity (Wildman–Crippen MR) is 68.9 cm³/mol. The lowest BCUT2D eigenvalue weighted by Crippen LogP contribution is -2.46. The number of methoxy groups -OCH3 is 2. The van der Waals surface area contributed by atoms with Crippen molar-refractivity contribution in [2.45, 2.75) is 63.8 Å². The summed E-state index contributed by atoms with van der Waals surface area (Å²) in [5, 5.41) is 3.68. The maximum atomic E-state index is 5.30. The van der Waals surface area contributed by atoms with E-state index in [1.807, 2.05) is 0 Å². The van der Waals surface area contributed by atoms with Crippen LogP contribution in [0.2, 0.25) is 0 Å². The highest BCUT2D eigenvalue weighted by Gasteiger charge is 2.35. The third-order valence-electron chi connectivity index (χ3n) is 4.37. The average molecular weight is 241 g/mol. The number of hydrogen-bond donors (Lipinski definition) is 1. The van der Waals surface area contributed by atoms with Gasteiger partial charge < -0.3 is 14.8 Å². The van der Waals surface area contributed by atoms with Gasteiger partial charge in [0.1, 0.15) is 0 Å². The Balaban J connectivity index is 1.77. The molecule has 3 atom stereocenters. The molecule has 0 spiro atoms. The lowest BCUT2D eigenvalue weighted by atomic mass is 9.82. The van der Waals surface area contributed by atoms with E-state index in [4.69, 9.17) is 9.47 Å². The first-order chi connectivity index (χ1) is 8.24. The van der Waals surface area contributed by atoms with Crippen molar-refractivity contribution < 1.29 is 9.47 Å². The van der Waals surface area contributed by atoms with E-state index in [2.05, 4.69) is 12.2 Å². The quantitative estimate of drug-likeness (QED) is 0.725. The van der Waals surface area contributed by atoms with E-state index < -0.39 is 0 Å². The summed E-state index contributed by atoms with van der Waals surface area (Å²) in [4.78, 5) is 0. The Labute approximate surface area is 105 Å². The summed E-state index contributed by atoms with van der Waals surface area (Å²) < 4.78 is 10.6. The zero-order chi connectivity index (χ0) is 12.3. The van der Waals surface area contributed by atoms with E-state index in [1.165, 1.54) is 38.5 Å². The maximum Gasteiger partial charge on any atom is 0.171 e. The second-order valence-corrected chi connectivity index (χ2v) is 5.76. The van der Waals surface area contributed by atoms with Crippen LogP contribution in [0, 0.1) is 11.8 Å². The second-order valence-electron chi connectivity index (χ2n) is 5.76. The van der Waals surface area contributed by atoms with Crippen LogP contribution in [-0.2, 0) is 9.47 Å². The minimum absolute atomic E-state index is 0.128. The largest absolute Gasteiger partial charge is 0.354 e. The molecule has 1 N–H and O–H groups in total. The van der Waals surface area contributed by atoms with Crippen molar-refractivity contribution >= 4 is 0 Å². The summed E-state index contributed by atoms with van der Waals surface area (Å²) in [7, 11) is 3.42. The van der Waals surface area contributed by atoms with Crippen LogP contribution in [-0.4, -0.2) is 32.6 Å². The van der Waals surface area contributed by atoms with Gasteiger partial charge in [-0.25, -0.2) is 0 Å². The normalized spacial score (nSPS) is 31.8. The lowest BCUT2D eigenvalue weighted by molar-refractivity contribution is -0.121. The van der Waals surface area contributed by atoms with Crippen LogP contribution in [0.15, 0.2) is 0 Å². The molecule has 3 heteroatoms. The van der Waals surface area contributed by atoms with Crippen LogP contribution in [0.1, 0.15) is 45.4 Å². The summed E-state index contributed by atoms with van der Waals surface area (Å²) in [5.41, 5.74) is 0. The van der Waals surface area contributed by atoms with Crippen molar-refractivity contribution in [2.24, 2.45) is 11.8 Å². The highest BCUT2D eigenvalue weighted by Crippen LogP contribution is 2.43. The van der Waals surface area contributed by atoms with Crippen LogP contribution in [0.5, 0.6) is 0 Å². The summed E-state index contributed by atoms with van der Waals surface area (Å²) in [6.07, 6.45) is 8.34. The van der Waals surface area contributed by atoms with Crippen LogP contribution < -0.4 is 5.32 Å². The molecule has 2 rings (SSSR count). The van der Waals surface area contributed by atoms with Crippen molar-refractivity contribution in [1.29, 1.82) is 0 Å². The molecule has 2 aliphatic carbocycles. The van der Waals surface area contributed by atoms with E-state index in [9.17, 15) is 0 Å². The number of nitrogens with one attached hydrogen (secondary N) is 1. The van der Waals surface area contributed by atoms with Gasteiger partial charge >= 0.3 is 0 Å². The Hall–Kier alpha value is -0.120. The second kappa shape index (κ2) is 6.17. The van der Waals surface area contributed by atoms with E-state index in [0.29, 0.717) is 6.04 Å². The maximum absolute atomic E-state index is 5.30. The minimum atomic E-state index is -0.128. The van der Waals surface area contributed by atoms with E-state index >= 15 is 0 Å². The van der Waals surface area contributed by atoms with E-state index in [1.54, 1.807) is 14.2 Å². The zero-order valence-electron chi connectivity index (χ0n) is 11.4. The topological polar surface area (TPSA) is 30.5 Å². The SMILES string of the molecule is COC(OC)C(C)NC1CCCC(C2CC2)C1. The number of ether oxygens (including phenoxy) is 2. The molecule has 0 aliphatic heterocycles. The van der Waals surface area contributed by atoms with Gasteiger partial charge in [0.05, 0.1) is 6.04 Å². The van der Waals surface area contributed by atoms with Crippen LogP contribution in [0.25, 0.3) is 0 Å². The van der Waals surface area contributed by atoms with E-state index in [-0.39, 0.29) is 12.3 Å². The Morgan fingerprint density at radius 2 is 1.71 bits per heavy atom. The van der Waals surface area contributed by atoms with Gasteiger partial charge in [-0.15, -0.1) is 0 Å². The summed E-state index contributed by atoms with van der Waals surface area (Å²) in [6.45, 7) is 2.15. The van der Waals surface area contributed by atoms with Gasteiger partial charge in [-0.1, -0.05) is 12.8 Å². The fraction of sp³-hybridized carbons (Fsp3) is 1.00. The molecule has 100 valence electrons. The molecule has 0 aromatic carbocycles. The highest BCUT2D eigenvalue weighted by atomic mass is 16.7. The molecule has 2 fully saturated rings.